The van der Waals surface area contributed by atoms with Crippen molar-refractivity contribution in [3.63, 3.8) is 0 Å². The van der Waals surface area contributed by atoms with Gasteiger partial charge in [0.25, 0.3) is 0 Å². The molecule has 1 aromatic carbocycles. The summed E-state index contributed by atoms with van der Waals surface area (Å²) in [5, 5.41) is 6.71. The molecule has 2 aliphatic rings. The molecule has 6 nitrogen and oxygen atoms in total. The standard InChI is InChI=1S/C23H37N3O3/c1-24-23(25-13-5-14-27-17-20-12-15-28-18-20)26-16-19-8-10-22(11-9-19)29-21-6-3-2-4-7-21/h8-11,20-21H,2-7,12-18H2,1H3,(H2,24,25,26). The molecule has 29 heavy (non-hydrogen) atoms. The lowest BCUT2D eigenvalue weighted by Crippen LogP contribution is -2.37. The van der Waals surface area contributed by atoms with Crippen LogP contribution in [0.1, 0.15) is 50.5 Å². The number of nitrogens with zero attached hydrogens (tertiary/aromatic N) is 1. The van der Waals surface area contributed by atoms with E-state index < -0.39 is 0 Å². The predicted octanol–water partition coefficient (Wildman–Crippen LogP) is 3.51. The number of benzene rings is 1. The molecular weight excluding hydrogens is 366 g/mol. The number of guanidine groups is 1. The SMILES string of the molecule is CN=C(NCCCOCC1CCOC1)NCc1ccc(OC2CCCCC2)cc1. The summed E-state index contributed by atoms with van der Waals surface area (Å²) in [4.78, 5) is 4.29. The molecule has 0 amide bonds. The summed E-state index contributed by atoms with van der Waals surface area (Å²) in [7, 11) is 1.80. The first kappa shape index (κ1) is 21.9. The summed E-state index contributed by atoms with van der Waals surface area (Å²) in [5.41, 5.74) is 1.21. The van der Waals surface area contributed by atoms with E-state index in [1.807, 2.05) is 0 Å². The molecule has 1 atom stereocenters. The van der Waals surface area contributed by atoms with E-state index >= 15 is 0 Å². The average molecular weight is 404 g/mol. The van der Waals surface area contributed by atoms with E-state index in [0.717, 1.165) is 64.1 Å². The van der Waals surface area contributed by atoms with Gasteiger partial charge in [0.05, 0.1) is 19.3 Å². The van der Waals surface area contributed by atoms with Gasteiger partial charge in [-0.25, -0.2) is 0 Å². The van der Waals surface area contributed by atoms with Crippen molar-refractivity contribution in [2.75, 3.05) is 40.0 Å². The minimum Gasteiger partial charge on any atom is -0.490 e. The molecular formula is C23H37N3O3. The van der Waals surface area contributed by atoms with Crippen molar-refractivity contribution < 1.29 is 14.2 Å². The van der Waals surface area contributed by atoms with Gasteiger partial charge >= 0.3 is 0 Å². The van der Waals surface area contributed by atoms with E-state index in [-0.39, 0.29) is 0 Å². The molecule has 2 N–H and O–H groups in total. The Kier molecular flexibility index (Phi) is 9.60. The Bertz CT molecular complexity index is 594. The highest BCUT2D eigenvalue weighted by molar-refractivity contribution is 5.79. The minimum absolute atomic E-state index is 0.395. The molecule has 1 heterocycles. The van der Waals surface area contributed by atoms with Crippen molar-refractivity contribution >= 4 is 5.96 Å². The lowest BCUT2D eigenvalue weighted by atomic mass is 9.98. The second-order valence-electron chi connectivity index (χ2n) is 8.03. The molecule has 1 saturated heterocycles. The monoisotopic (exact) mass is 403 g/mol. The third kappa shape index (κ3) is 8.23. The smallest absolute Gasteiger partial charge is 0.191 e. The normalized spacial score (nSPS) is 20.6. The second kappa shape index (κ2) is 12.7. The maximum Gasteiger partial charge on any atom is 0.191 e. The van der Waals surface area contributed by atoms with Crippen LogP contribution in [0.25, 0.3) is 0 Å². The van der Waals surface area contributed by atoms with Crippen molar-refractivity contribution in [1.29, 1.82) is 0 Å². The Morgan fingerprint density at radius 2 is 1.93 bits per heavy atom. The molecule has 162 valence electrons. The van der Waals surface area contributed by atoms with Gasteiger partial charge in [0.2, 0.25) is 0 Å². The molecule has 0 aromatic heterocycles. The molecule has 2 fully saturated rings. The molecule has 0 radical (unpaired) electrons. The van der Waals surface area contributed by atoms with Crippen LogP contribution >= 0.6 is 0 Å². The lowest BCUT2D eigenvalue weighted by molar-refractivity contribution is 0.0888. The first-order valence-electron chi connectivity index (χ1n) is 11.2. The van der Waals surface area contributed by atoms with E-state index in [1.165, 1.54) is 37.7 Å². The van der Waals surface area contributed by atoms with Crippen LogP contribution in [0.2, 0.25) is 0 Å². The third-order valence-corrected chi connectivity index (χ3v) is 5.60. The van der Waals surface area contributed by atoms with Crippen LogP contribution < -0.4 is 15.4 Å². The first-order chi connectivity index (χ1) is 14.3. The van der Waals surface area contributed by atoms with Gasteiger partial charge in [-0.2, -0.15) is 0 Å². The van der Waals surface area contributed by atoms with Gasteiger partial charge in [-0.05, 0) is 56.2 Å². The van der Waals surface area contributed by atoms with E-state index in [1.54, 1.807) is 7.05 Å². The largest absolute Gasteiger partial charge is 0.490 e. The summed E-state index contributed by atoms with van der Waals surface area (Å²) in [5.74, 6) is 2.38. The summed E-state index contributed by atoms with van der Waals surface area (Å²) in [6.07, 6.45) is 8.79. The molecule has 0 bridgehead atoms. The number of nitrogens with one attached hydrogen (secondary N) is 2. The fourth-order valence-electron chi connectivity index (χ4n) is 3.81. The Hall–Kier alpha value is -1.79. The molecule has 0 spiro atoms. The maximum absolute atomic E-state index is 6.10. The highest BCUT2D eigenvalue weighted by Gasteiger charge is 2.15. The van der Waals surface area contributed by atoms with Gasteiger partial charge in [0.1, 0.15) is 5.75 Å². The lowest BCUT2D eigenvalue weighted by Gasteiger charge is -2.23. The van der Waals surface area contributed by atoms with E-state index in [9.17, 15) is 0 Å². The zero-order chi connectivity index (χ0) is 20.2. The Morgan fingerprint density at radius 1 is 1.10 bits per heavy atom. The quantitative estimate of drug-likeness (QED) is 0.356. The molecule has 1 saturated carbocycles. The van der Waals surface area contributed by atoms with E-state index in [0.29, 0.717) is 12.0 Å². The van der Waals surface area contributed by atoms with E-state index in [4.69, 9.17) is 14.2 Å². The van der Waals surface area contributed by atoms with Crippen LogP contribution in [0.5, 0.6) is 5.75 Å². The summed E-state index contributed by atoms with van der Waals surface area (Å²) in [6, 6.07) is 8.40. The van der Waals surface area contributed by atoms with Crippen molar-refractivity contribution in [2.24, 2.45) is 10.9 Å². The Labute approximate surface area is 175 Å². The molecule has 3 rings (SSSR count). The van der Waals surface area contributed by atoms with Crippen LogP contribution in [-0.4, -0.2) is 52.1 Å². The van der Waals surface area contributed by atoms with Gasteiger partial charge in [-0.3, -0.25) is 4.99 Å². The maximum atomic E-state index is 6.10. The number of rotatable bonds is 10. The predicted molar refractivity (Wildman–Crippen MR) is 117 cm³/mol. The van der Waals surface area contributed by atoms with Crippen LogP contribution in [0.4, 0.5) is 0 Å². The van der Waals surface area contributed by atoms with Gasteiger partial charge < -0.3 is 24.8 Å². The summed E-state index contributed by atoms with van der Waals surface area (Å²) < 4.78 is 17.2. The van der Waals surface area contributed by atoms with Crippen LogP contribution in [-0.2, 0) is 16.0 Å². The molecule has 1 aliphatic heterocycles. The molecule has 1 unspecified atom stereocenters. The molecule has 1 aromatic rings. The highest BCUT2D eigenvalue weighted by atomic mass is 16.5. The van der Waals surface area contributed by atoms with Crippen LogP contribution in [0.3, 0.4) is 0 Å². The van der Waals surface area contributed by atoms with Crippen LogP contribution in [0.15, 0.2) is 29.3 Å². The zero-order valence-corrected chi connectivity index (χ0v) is 17.8. The molecule has 1 aliphatic carbocycles. The van der Waals surface area contributed by atoms with Gasteiger partial charge in [0, 0.05) is 39.3 Å². The molecule has 6 heteroatoms. The number of hydrogen-bond acceptors (Lipinski definition) is 4. The zero-order valence-electron chi connectivity index (χ0n) is 17.8. The van der Waals surface area contributed by atoms with Crippen molar-refractivity contribution in [2.45, 2.75) is 57.6 Å². The second-order valence-corrected chi connectivity index (χ2v) is 8.03. The summed E-state index contributed by atoms with van der Waals surface area (Å²) >= 11 is 0. The van der Waals surface area contributed by atoms with Crippen molar-refractivity contribution in [1.82, 2.24) is 10.6 Å². The first-order valence-corrected chi connectivity index (χ1v) is 11.2. The Morgan fingerprint density at radius 3 is 2.66 bits per heavy atom. The van der Waals surface area contributed by atoms with E-state index in [2.05, 4.69) is 39.9 Å². The number of hydrogen-bond donors (Lipinski definition) is 2. The van der Waals surface area contributed by atoms with Crippen LogP contribution in [0, 0.1) is 5.92 Å². The number of aliphatic imine (C=N–C) groups is 1. The fraction of sp³-hybridized carbons (Fsp3) is 0.696. The van der Waals surface area contributed by atoms with Gasteiger partial charge in [-0.15, -0.1) is 0 Å². The van der Waals surface area contributed by atoms with Crippen molar-refractivity contribution in [3.05, 3.63) is 29.8 Å². The summed E-state index contributed by atoms with van der Waals surface area (Å²) in [6.45, 7) is 4.89. The third-order valence-electron chi connectivity index (χ3n) is 5.60. The minimum atomic E-state index is 0.395. The highest BCUT2D eigenvalue weighted by Crippen LogP contribution is 2.23. The van der Waals surface area contributed by atoms with Gasteiger partial charge in [0.15, 0.2) is 5.96 Å². The average Bonchev–Trinajstić information content (AvgIpc) is 3.28. The number of ether oxygens (including phenoxy) is 3. The van der Waals surface area contributed by atoms with Gasteiger partial charge in [-0.1, -0.05) is 18.6 Å². The topological polar surface area (TPSA) is 64.1 Å². The fourth-order valence-corrected chi connectivity index (χ4v) is 3.81. The van der Waals surface area contributed by atoms with Crippen molar-refractivity contribution in [3.8, 4) is 5.75 Å². The Balaban J connectivity index is 1.27.